The van der Waals surface area contributed by atoms with Crippen molar-refractivity contribution in [2.45, 2.75) is 38.7 Å². The molecule has 14 heavy (non-hydrogen) atoms. The molecule has 1 saturated carbocycles. The topological polar surface area (TPSA) is 55.4 Å². The van der Waals surface area contributed by atoms with E-state index in [-0.39, 0.29) is 5.75 Å². The molecule has 0 spiro atoms. The highest BCUT2D eigenvalue weighted by atomic mass is 32.2. The van der Waals surface area contributed by atoms with Crippen LogP contribution in [0.3, 0.4) is 0 Å². The second-order valence-electron chi connectivity index (χ2n) is 3.58. The predicted octanol–water partition coefficient (Wildman–Crippen LogP) is 0.885. The van der Waals surface area contributed by atoms with E-state index in [1.807, 2.05) is 0 Å². The molecular weight excluding hydrogens is 202 g/mol. The number of ether oxygens (including phenoxy) is 1. The molecule has 0 unspecified atom stereocenters. The number of sulfonamides is 1. The summed E-state index contributed by atoms with van der Waals surface area (Å²) in [5, 5.41) is 0. The van der Waals surface area contributed by atoms with E-state index in [1.54, 1.807) is 6.92 Å². The maximum atomic E-state index is 11.0. The molecule has 0 aliphatic heterocycles. The maximum Gasteiger partial charge on any atom is 0.211 e. The van der Waals surface area contributed by atoms with Gasteiger partial charge in [-0.1, -0.05) is 12.8 Å². The monoisotopic (exact) mass is 221 g/mol. The van der Waals surface area contributed by atoms with Gasteiger partial charge in [-0.25, -0.2) is 13.1 Å². The number of hydrogen-bond acceptors (Lipinski definition) is 3. The Hall–Kier alpha value is -0.130. The Kier molecular flexibility index (Phi) is 4.84. The highest BCUT2D eigenvalue weighted by molar-refractivity contribution is 7.89. The van der Waals surface area contributed by atoms with Crippen molar-refractivity contribution in [3.63, 3.8) is 0 Å². The molecule has 0 aromatic rings. The van der Waals surface area contributed by atoms with E-state index in [0.29, 0.717) is 19.3 Å². The summed E-state index contributed by atoms with van der Waals surface area (Å²) in [5.74, 6) is 0.135. The van der Waals surface area contributed by atoms with Gasteiger partial charge in [-0.15, -0.1) is 0 Å². The summed E-state index contributed by atoms with van der Waals surface area (Å²) >= 11 is 0. The summed E-state index contributed by atoms with van der Waals surface area (Å²) < 4.78 is 30.1. The first kappa shape index (κ1) is 11.9. The third-order valence-corrected chi connectivity index (χ3v) is 3.86. The minimum absolute atomic E-state index is 0.135. The van der Waals surface area contributed by atoms with E-state index in [1.165, 1.54) is 12.8 Å². The molecule has 1 aliphatic rings. The number of hydrogen-bond donors (Lipinski definition) is 1. The van der Waals surface area contributed by atoms with Crippen molar-refractivity contribution in [1.82, 2.24) is 4.72 Å². The lowest BCUT2D eigenvalue weighted by atomic mass is 10.3. The van der Waals surface area contributed by atoms with Gasteiger partial charge in [0.1, 0.15) is 0 Å². The van der Waals surface area contributed by atoms with E-state index in [2.05, 4.69) is 4.72 Å². The second-order valence-corrected chi connectivity index (χ2v) is 5.67. The zero-order chi connectivity index (χ0) is 10.4. The van der Waals surface area contributed by atoms with Crippen LogP contribution in [0.1, 0.15) is 32.6 Å². The standard InChI is InChI=1S/C9H19NO3S/c1-2-14(11,12)10-7-8-13-9-5-3-4-6-9/h9-10H,2-8H2,1H3. The zero-order valence-electron chi connectivity index (χ0n) is 8.66. The normalized spacial score (nSPS) is 18.9. The first-order chi connectivity index (χ1) is 6.64. The minimum Gasteiger partial charge on any atom is -0.377 e. The molecule has 0 aromatic carbocycles. The van der Waals surface area contributed by atoms with Crippen LogP contribution >= 0.6 is 0 Å². The quantitative estimate of drug-likeness (QED) is 0.678. The Labute approximate surface area is 86.1 Å². The SMILES string of the molecule is CCS(=O)(=O)NCCOC1CCCC1. The second kappa shape index (κ2) is 5.68. The van der Waals surface area contributed by atoms with Crippen molar-refractivity contribution in [2.75, 3.05) is 18.9 Å². The van der Waals surface area contributed by atoms with Gasteiger partial charge in [0, 0.05) is 6.54 Å². The van der Waals surface area contributed by atoms with E-state index in [0.717, 1.165) is 12.8 Å². The molecule has 1 N–H and O–H groups in total. The van der Waals surface area contributed by atoms with Gasteiger partial charge in [-0.2, -0.15) is 0 Å². The van der Waals surface area contributed by atoms with Crippen molar-refractivity contribution in [3.8, 4) is 0 Å². The fourth-order valence-corrected chi connectivity index (χ4v) is 2.18. The largest absolute Gasteiger partial charge is 0.377 e. The van der Waals surface area contributed by atoms with Crippen LogP contribution in [-0.4, -0.2) is 33.4 Å². The van der Waals surface area contributed by atoms with Gasteiger partial charge in [-0.05, 0) is 19.8 Å². The zero-order valence-corrected chi connectivity index (χ0v) is 9.48. The smallest absolute Gasteiger partial charge is 0.211 e. The van der Waals surface area contributed by atoms with Crippen LogP contribution in [0.15, 0.2) is 0 Å². The molecule has 1 aliphatic carbocycles. The maximum absolute atomic E-state index is 11.0. The van der Waals surface area contributed by atoms with E-state index < -0.39 is 10.0 Å². The average molecular weight is 221 g/mol. The van der Waals surface area contributed by atoms with Crippen molar-refractivity contribution in [3.05, 3.63) is 0 Å². The van der Waals surface area contributed by atoms with Crippen LogP contribution in [-0.2, 0) is 14.8 Å². The highest BCUT2D eigenvalue weighted by Gasteiger charge is 2.15. The molecule has 0 atom stereocenters. The molecule has 84 valence electrons. The molecule has 0 amide bonds. The molecular formula is C9H19NO3S. The van der Waals surface area contributed by atoms with Gasteiger partial charge < -0.3 is 4.74 Å². The van der Waals surface area contributed by atoms with Crippen molar-refractivity contribution >= 4 is 10.0 Å². The summed E-state index contributed by atoms with van der Waals surface area (Å²) in [6, 6.07) is 0. The lowest BCUT2D eigenvalue weighted by molar-refractivity contribution is 0.0626. The lowest BCUT2D eigenvalue weighted by Crippen LogP contribution is -2.29. The first-order valence-corrected chi connectivity index (χ1v) is 6.88. The summed E-state index contributed by atoms with van der Waals surface area (Å²) in [5.41, 5.74) is 0. The third kappa shape index (κ3) is 4.39. The number of nitrogens with one attached hydrogen (secondary N) is 1. The Morgan fingerprint density at radius 2 is 2.00 bits per heavy atom. The van der Waals surface area contributed by atoms with Gasteiger partial charge in [0.25, 0.3) is 0 Å². The van der Waals surface area contributed by atoms with Crippen molar-refractivity contribution < 1.29 is 13.2 Å². The molecule has 0 bridgehead atoms. The molecule has 4 nitrogen and oxygen atoms in total. The van der Waals surface area contributed by atoms with Gasteiger partial charge in [0.15, 0.2) is 0 Å². The van der Waals surface area contributed by atoms with Crippen LogP contribution < -0.4 is 4.72 Å². The Balaban J connectivity index is 2.04. The molecule has 0 radical (unpaired) electrons. The molecule has 0 saturated heterocycles. The molecule has 0 heterocycles. The Morgan fingerprint density at radius 1 is 1.36 bits per heavy atom. The minimum atomic E-state index is -3.05. The van der Waals surface area contributed by atoms with Gasteiger partial charge >= 0.3 is 0 Å². The average Bonchev–Trinajstić information content (AvgIpc) is 2.65. The molecule has 1 rings (SSSR count). The Bertz CT molecular complexity index is 245. The molecule has 1 fully saturated rings. The summed E-state index contributed by atoms with van der Waals surface area (Å²) in [6.45, 7) is 2.51. The Morgan fingerprint density at radius 3 is 2.57 bits per heavy atom. The highest BCUT2D eigenvalue weighted by Crippen LogP contribution is 2.20. The fraction of sp³-hybridized carbons (Fsp3) is 1.00. The summed E-state index contributed by atoms with van der Waals surface area (Å²) in [7, 11) is -3.05. The van der Waals surface area contributed by atoms with Crippen LogP contribution in [0.5, 0.6) is 0 Å². The predicted molar refractivity (Wildman–Crippen MR) is 55.7 cm³/mol. The molecule has 0 aromatic heterocycles. The van der Waals surface area contributed by atoms with Crippen molar-refractivity contribution in [1.29, 1.82) is 0 Å². The van der Waals surface area contributed by atoms with E-state index >= 15 is 0 Å². The summed E-state index contributed by atoms with van der Waals surface area (Å²) in [4.78, 5) is 0. The van der Waals surface area contributed by atoms with Crippen molar-refractivity contribution in [2.24, 2.45) is 0 Å². The number of rotatable bonds is 6. The van der Waals surface area contributed by atoms with E-state index in [9.17, 15) is 8.42 Å². The summed E-state index contributed by atoms with van der Waals surface area (Å²) in [6.07, 6.45) is 5.10. The van der Waals surface area contributed by atoms with Gasteiger partial charge in [0.2, 0.25) is 10.0 Å². The van der Waals surface area contributed by atoms with Gasteiger partial charge in [-0.3, -0.25) is 0 Å². The lowest BCUT2D eigenvalue weighted by Gasteiger charge is -2.11. The van der Waals surface area contributed by atoms with Crippen LogP contribution in [0.4, 0.5) is 0 Å². The van der Waals surface area contributed by atoms with Crippen LogP contribution in [0, 0.1) is 0 Å². The third-order valence-electron chi connectivity index (χ3n) is 2.46. The van der Waals surface area contributed by atoms with E-state index in [4.69, 9.17) is 4.74 Å². The van der Waals surface area contributed by atoms with Gasteiger partial charge in [0.05, 0.1) is 18.5 Å². The fourth-order valence-electron chi connectivity index (χ4n) is 1.58. The molecule has 5 heteroatoms. The van der Waals surface area contributed by atoms with Crippen LogP contribution in [0.25, 0.3) is 0 Å². The van der Waals surface area contributed by atoms with Crippen LogP contribution in [0.2, 0.25) is 0 Å². The first-order valence-electron chi connectivity index (χ1n) is 5.23.